The predicted molar refractivity (Wildman–Crippen MR) is 69.7 cm³/mol. The largest absolute Gasteiger partial charge is 0.493 e. The molecule has 0 saturated carbocycles. The molecular weight excluding hydrogens is 283 g/mol. The summed E-state index contributed by atoms with van der Waals surface area (Å²) in [6, 6.07) is 14.2. The highest BCUT2D eigenvalue weighted by Gasteiger charge is 1.97. The SMILES string of the molecule is Fc1ccc(CCOc2cccc(Br)c2)cc1. The molecule has 0 unspecified atom stereocenters. The molecule has 0 N–H and O–H groups in total. The standard InChI is InChI=1S/C14H12BrFO/c15-12-2-1-3-14(10-12)17-9-8-11-4-6-13(16)7-5-11/h1-7,10H,8-9H2. The van der Waals surface area contributed by atoms with E-state index in [2.05, 4.69) is 15.9 Å². The molecule has 1 nitrogen and oxygen atoms in total. The third-order valence-electron chi connectivity index (χ3n) is 2.37. The number of ether oxygens (including phenoxy) is 1. The second kappa shape index (κ2) is 5.82. The van der Waals surface area contributed by atoms with Crippen molar-refractivity contribution in [3.63, 3.8) is 0 Å². The first kappa shape index (κ1) is 12.1. The molecule has 0 saturated heterocycles. The molecule has 0 bridgehead atoms. The molecule has 2 aromatic rings. The van der Waals surface area contributed by atoms with Gasteiger partial charge in [0, 0.05) is 10.9 Å². The molecule has 0 spiro atoms. The number of rotatable bonds is 4. The average molecular weight is 295 g/mol. The first-order valence-corrected chi connectivity index (χ1v) is 6.16. The highest BCUT2D eigenvalue weighted by atomic mass is 79.9. The van der Waals surface area contributed by atoms with Crippen molar-refractivity contribution >= 4 is 15.9 Å². The van der Waals surface area contributed by atoms with Gasteiger partial charge in [-0.25, -0.2) is 4.39 Å². The van der Waals surface area contributed by atoms with E-state index in [4.69, 9.17) is 4.74 Å². The Bertz CT molecular complexity index is 482. The van der Waals surface area contributed by atoms with Crippen LogP contribution in [0.3, 0.4) is 0 Å². The van der Waals surface area contributed by atoms with E-state index in [1.165, 1.54) is 12.1 Å². The van der Waals surface area contributed by atoms with Gasteiger partial charge in [0.05, 0.1) is 6.61 Å². The fraction of sp³-hybridized carbons (Fsp3) is 0.143. The maximum absolute atomic E-state index is 12.7. The molecular formula is C14H12BrFO. The summed E-state index contributed by atoms with van der Waals surface area (Å²) in [5.74, 6) is 0.628. The summed E-state index contributed by atoms with van der Waals surface area (Å²) in [6.45, 7) is 0.585. The van der Waals surface area contributed by atoms with Crippen molar-refractivity contribution in [2.45, 2.75) is 6.42 Å². The zero-order chi connectivity index (χ0) is 12.1. The van der Waals surface area contributed by atoms with E-state index in [9.17, 15) is 4.39 Å². The van der Waals surface area contributed by atoms with Crippen LogP contribution in [0.15, 0.2) is 53.0 Å². The Morgan fingerprint density at radius 2 is 1.82 bits per heavy atom. The van der Waals surface area contributed by atoms with Crippen molar-refractivity contribution in [3.05, 3.63) is 64.4 Å². The van der Waals surface area contributed by atoms with E-state index < -0.39 is 0 Å². The Hall–Kier alpha value is -1.35. The van der Waals surface area contributed by atoms with E-state index in [0.717, 1.165) is 22.2 Å². The number of hydrogen-bond donors (Lipinski definition) is 0. The van der Waals surface area contributed by atoms with Gasteiger partial charge in [-0.1, -0.05) is 34.1 Å². The monoisotopic (exact) mass is 294 g/mol. The lowest BCUT2D eigenvalue weighted by Gasteiger charge is -2.06. The second-order valence-electron chi connectivity index (χ2n) is 3.68. The predicted octanol–water partition coefficient (Wildman–Crippen LogP) is 4.21. The van der Waals surface area contributed by atoms with Gasteiger partial charge >= 0.3 is 0 Å². The van der Waals surface area contributed by atoms with Crippen molar-refractivity contribution in [2.24, 2.45) is 0 Å². The summed E-state index contributed by atoms with van der Waals surface area (Å²) in [6.07, 6.45) is 0.771. The Morgan fingerprint density at radius 3 is 2.53 bits per heavy atom. The van der Waals surface area contributed by atoms with E-state index in [-0.39, 0.29) is 5.82 Å². The van der Waals surface area contributed by atoms with Gasteiger partial charge in [-0.3, -0.25) is 0 Å². The summed E-state index contributed by atoms with van der Waals surface area (Å²) in [5.41, 5.74) is 1.07. The zero-order valence-corrected chi connectivity index (χ0v) is 10.8. The molecule has 0 heterocycles. The van der Waals surface area contributed by atoms with Gasteiger partial charge in [-0.2, -0.15) is 0 Å². The van der Waals surface area contributed by atoms with Crippen LogP contribution < -0.4 is 4.74 Å². The molecule has 0 aliphatic heterocycles. The van der Waals surface area contributed by atoms with E-state index in [0.29, 0.717) is 6.61 Å². The zero-order valence-electron chi connectivity index (χ0n) is 9.20. The quantitative estimate of drug-likeness (QED) is 0.821. The van der Waals surface area contributed by atoms with Gasteiger partial charge in [0.25, 0.3) is 0 Å². The fourth-order valence-corrected chi connectivity index (χ4v) is 1.87. The average Bonchev–Trinajstić information content (AvgIpc) is 2.32. The summed E-state index contributed by atoms with van der Waals surface area (Å²) in [5, 5.41) is 0. The minimum Gasteiger partial charge on any atom is -0.493 e. The Balaban J connectivity index is 1.85. The van der Waals surface area contributed by atoms with E-state index >= 15 is 0 Å². The van der Waals surface area contributed by atoms with Crippen LogP contribution in [0, 0.1) is 5.82 Å². The van der Waals surface area contributed by atoms with Crippen molar-refractivity contribution in [1.82, 2.24) is 0 Å². The van der Waals surface area contributed by atoms with Gasteiger partial charge < -0.3 is 4.74 Å². The van der Waals surface area contributed by atoms with Crippen molar-refractivity contribution in [3.8, 4) is 5.75 Å². The molecule has 0 amide bonds. The third kappa shape index (κ3) is 3.86. The van der Waals surface area contributed by atoms with Crippen LogP contribution in [0.25, 0.3) is 0 Å². The minimum absolute atomic E-state index is 0.207. The molecule has 0 fully saturated rings. The molecule has 0 aliphatic rings. The summed E-state index contributed by atoms with van der Waals surface area (Å²) in [4.78, 5) is 0. The van der Waals surface area contributed by atoms with Crippen molar-refractivity contribution in [1.29, 1.82) is 0 Å². The van der Waals surface area contributed by atoms with Gasteiger partial charge in [0.15, 0.2) is 0 Å². The lowest BCUT2D eigenvalue weighted by atomic mass is 10.2. The highest BCUT2D eigenvalue weighted by Crippen LogP contribution is 2.17. The van der Waals surface area contributed by atoms with Crippen LogP contribution in [0.4, 0.5) is 4.39 Å². The minimum atomic E-state index is -0.207. The maximum Gasteiger partial charge on any atom is 0.123 e. The van der Waals surface area contributed by atoms with Crippen molar-refractivity contribution in [2.75, 3.05) is 6.61 Å². The second-order valence-corrected chi connectivity index (χ2v) is 4.60. The molecule has 2 rings (SSSR count). The topological polar surface area (TPSA) is 9.23 Å². The number of halogens is 2. The third-order valence-corrected chi connectivity index (χ3v) is 2.86. The van der Waals surface area contributed by atoms with Gasteiger partial charge in [0.2, 0.25) is 0 Å². The molecule has 88 valence electrons. The van der Waals surface area contributed by atoms with Gasteiger partial charge in [-0.15, -0.1) is 0 Å². The smallest absolute Gasteiger partial charge is 0.123 e. The molecule has 0 aliphatic carbocycles. The molecule has 3 heteroatoms. The van der Waals surface area contributed by atoms with Gasteiger partial charge in [0.1, 0.15) is 11.6 Å². The van der Waals surface area contributed by atoms with Crippen LogP contribution in [0.5, 0.6) is 5.75 Å². The summed E-state index contributed by atoms with van der Waals surface area (Å²) >= 11 is 3.39. The summed E-state index contributed by atoms with van der Waals surface area (Å²) < 4.78 is 19.3. The van der Waals surface area contributed by atoms with E-state index in [1.54, 1.807) is 12.1 Å². The van der Waals surface area contributed by atoms with Crippen LogP contribution in [-0.2, 0) is 6.42 Å². The molecule has 17 heavy (non-hydrogen) atoms. The Labute approximate surface area is 108 Å². The molecule has 0 atom stereocenters. The van der Waals surface area contributed by atoms with Crippen LogP contribution in [0.1, 0.15) is 5.56 Å². The summed E-state index contributed by atoms with van der Waals surface area (Å²) in [7, 11) is 0. The Morgan fingerprint density at radius 1 is 1.06 bits per heavy atom. The molecule has 0 radical (unpaired) electrons. The molecule has 0 aromatic heterocycles. The Kier molecular flexibility index (Phi) is 4.15. The lowest BCUT2D eigenvalue weighted by molar-refractivity contribution is 0.321. The van der Waals surface area contributed by atoms with Crippen LogP contribution in [-0.4, -0.2) is 6.61 Å². The lowest BCUT2D eigenvalue weighted by Crippen LogP contribution is -2.01. The fourth-order valence-electron chi connectivity index (χ4n) is 1.49. The van der Waals surface area contributed by atoms with Crippen molar-refractivity contribution < 1.29 is 9.13 Å². The normalized spacial score (nSPS) is 10.2. The maximum atomic E-state index is 12.7. The van der Waals surface area contributed by atoms with Crippen LogP contribution in [0.2, 0.25) is 0 Å². The molecule has 2 aromatic carbocycles. The number of benzene rings is 2. The number of hydrogen-bond acceptors (Lipinski definition) is 1. The van der Waals surface area contributed by atoms with Gasteiger partial charge in [-0.05, 0) is 35.9 Å². The highest BCUT2D eigenvalue weighted by molar-refractivity contribution is 9.10. The first-order chi connectivity index (χ1) is 8.24. The van der Waals surface area contributed by atoms with Crippen LogP contribution >= 0.6 is 15.9 Å². The van der Waals surface area contributed by atoms with E-state index in [1.807, 2.05) is 24.3 Å². The first-order valence-electron chi connectivity index (χ1n) is 5.37.